The third-order valence-corrected chi connectivity index (χ3v) is 4.78. The van der Waals surface area contributed by atoms with Gasteiger partial charge in [-0.3, -0.25) is 9.59 Å². The Bertz CT molecular complexity index is 755. The highest BCUT2D eigenvalue weighted by molar-refractivity contribution is 14.1. The van der Waals surface area contributed by atoms with Gasteiger partial charge in [-0.25, -0.2) is 9.59 Å². The SMILES string of the molecule is O=CC(CCC(=O)O)NC(=O)NC(CCCCNC(=O)c1ccc(I)cc1)C(=O)O. The summed E-state index contributed by atoms with van der Waals surface area (Å²) in [5.41, 5.74) is 0.532. The molecule has 164 valence electrons. The molecule has 1 rings (SSSR count). The monoisotopic (exact) mass is 533 g/mol. The number of aldehydes is 1. The molecule has 2 unspecified atom stereocenters. The molecular formula is C19H24IN3O7. The fraction of sp³-hybridized carbons (Fsp3) is 0.421. The molecule has 0 radical (unpaired) electrons. The van der Waals surface area contributed by atoms with Crippen molar-refractivity contribution in [1.82, 2.24) is 16.0 Å². The molecule has 2 atom stereocenters. The van der Waals surface area contributed by atoms with Gasteiger partial charge in [-0.15, -0.1) is 0 Å². The summed E-state index contributed by atoms with van der Waals surface area (Å²) in [5, 5.41) is 25.1. The van der Waals surface area contributed by atoms with Crippen molar-refractivity contribution < 1.29 is 34.2 Å². The third kappa shape index (κ3) is 10.2. The minimum absolute atomic E-state index is 0.0930. The minimum atomic E-state index is -1.23. The first kappa shape index (κ1) is 25.3. The number of urea groups is 1. The van der Waals surface area contributed by atoms with E-state index in [0.717, 1.165) is 3.57 Å². The van der Waals surface area contributed by atoms with E-state index in [0.29, 0.717) is 31.2 Å². The average molecular weight is 533 g/mol. The molecule has 1 aromatic carbocycles. The topological polar surface area (TPSA) is 162 Å². The number of unbranched alkanes of at least 4 members (excludes halogenated alkanes) is 1. The van der Waals surface area contributed by atoms with Crippen LogP contribution in [0, 0.1) is 3.57 Å². The van der Waals surface area contributed by atoms with Crippen LogP contribution in [0.15, 0.2) is 24.3 Å². The normalized spacial score (nSPS) is 12.3. The first-order chi connectivity index (χ1) is 14.2. The van der Waals surface area contributed by atoms with Crippen LogP contribution in [0.25, 0.3) is 0 Å². The Morgan fingerprint density at radius 2 is 1.67 bits per heavy atom. The molecular weight excluding hydrogens is 509 g/mol. The standard InChI is InChI=1S/C19H24IN3O7/c20-13-6-4-12(5-7-13)17(27)21-10-2-1-3-15(18(28)29)23-19(30)22-14(11-24)8-9-16(25)26/h4-7,11,14-15H,1-3,8-10H2,(H,21,27)(H,25,26)(H,28,29)(H2,22,23,30). The zero-order valence-corrected chi connectivity index (χ0v) is 18.3. The first-order valence-corrected chi connectivity index (χ1v) is 10.3. The lowest BCUT2D eigenvalue weighted by Gasteiger charge is -2.17. The van der Waals surface area contributed by atoms with E-state index in [1.807, 2.05) is 12.1 Å². The summed E-state index contributed by atoms with van der Waals surface area (Å²) in [5.74, 6) is -2.57. The second kappa shape index (κ2) is 13.5. The van der Waals surface area contributed by atoms with Gasteiger partial charge in [0.15, 0.2) is 0 Å². The van der Waals surface area contributed by atoms with Gasteiger partial charge in [0.25, 0.3) is 5.91 Å². The van der Waals surface area contributed by atoms with Crippen molar-refractivity contribution in [3.8, 4) is 0 Å². The van der Waals surface area contributed by atoms with Gasteiger partial charge in [-0.1, -0.05) is 0 Å². The van der Waals surface area contributed by atoms with Crippen LogP contribution in [-0.4, -0.2) is 59.0 Å². The number of hydrogen-bond donors (Lipinski definition) is 5. The number of carbonyl (C=O) groups excluding carboxylic acids is 3. The molecule has 3 amide bonds. The molecule has 0 spiro atoms. The molecule has 1 aromatic rings. The van der Waals surface area contributed by atoms with Crippen LogP contribution in [0.4, 0.5) is 4.79 Å². The molecule has 0 saturated carbocycles. The van der Waals surface area contributed by atoms with Crippen molar-refractivity contribution in [3.63, 3.8) is 0 Å². The molecule has 11 heteroatoms. The van der Waals surface area contributed by atoms with E-state index < -0.39 is 30.1 Å². The van der Waals surface area contributed by atoms with Crippen LogP contribution < -0.4 is 16.0 Å². The fourth-order valence-electron chi connectivity index (χ4n) is 2.46. The highest BCUT2D eigenvalue weighted by Gasteiger charge is 2.21. The van der Waals surface area contributed by atoms with Crippen LogP contribution in [0.3, 0.4) is 0 Å². The second-order valence-electron chi connectivity index (χ2n) is 6.44. The van der Waals surface area contributed by atoms with E-state index in [1.165, 1.54) is 0 Å². The van der Waals surface area contributed by atoms with E-state index in [2.05, 4.69) is 38.5 Å². The van der Waals surface area contributed by atoms with Gasteiger partial charge in [-0.2, -0.15) is 0 Å². The summed E-state index contributed by atoms with van der Waals surface area (Å²) < 4.78 is 1.02. The summed E-state index contributed by atoms with van der Waals surface area (Å²) in [4.78, 5) is 56.6. The van der Waals surface area contributed by atoms with E-state index in [4.69, 9.17) is 5.11 Å². The van der Waals surface area contributed by atoms with Crippen LogP contribution in [0.2, 0.25) is 0 Å². The maximum atomic E-state index is 12.0. The van der Waals surface area contributed by atoms with Gasteiger partial charge < -0.3 is 31.0 Å². The maximum Gasteiger partial charge on any atom is 0.326 e. The lowest BCUT2D eigenvalue weighted by molar-refractivity contribution is -0.139. The summed E-state index contributed by atoms with van der Waals surface area (Å²) >= 11 is 2.14. The molecule has 0 heterocycles. The van der Waals surface area contributed by atoms with Crippen LogP contribution in [0.1, 0.15) is 42.5 Å². The highest BCUT2D eigenvalue weighted by atomic mass is 127. The van der Waals surface area contributed by atoms with Crippen LogP contribution in [-0.2, 0) is 14.4 Å². The number of nitrogens with one attached hydrogen (secondary N) is 3. The molecule has 0 aromatic heterocycles. The summed E-state index contributed by atoms with van der Waals surface area (Å²) in [6.07, 6.45) is 1.07. The van der Waals surface area contributed by atoms with Gasteiger partial charge >= 0.3 is 18.0 Å². The Balaban J connectivity index is 2.36. The van der Waals surface area contributed by atoms with Crippen molar-refractivity contribution in [2.24, 2.45) is 0 Å². The zero-order valence-electron chi connectivity index (χ0n) is 16.1. The van der Waals surface area contributed by atoms with Crippen LogP contribution in [0.5, 0.6) is 0 Å². The maximum absolute atomic E-state index is 12.0. The molecule has 30 heavy (non-hydrogen) atoms. The van der Waals surface area contributed by atoms with Gasteiger partial charge in [0, 0.05) is 22.1 Å². The van der Waals surface area contributed by atoms with Gasteiger partial charge in [0.05, 0.1) is 6.04 Å². The number of carbonyl (C=O) groups is 5. The number of rotatable bonds is 13. The predicted octanol–water partition coefficient (Wildman–Crippen LogP) is 1.38. The minimum Gasteiger partial charge on any atom is -0.481 e. The Morgan fingerprint density at radius 3 is 2.23 bits per heavy atom. The van der Waals surface area contributed by atoms with Crippen molar-refractivity contribution in [1.29, 1.82) is 0 Å². The molecule has 0 aliphatic rings. The van der Waals surface area contributed by atoms with Crippen LogP contribution >= 0.6 is 22.6 Å². The summed E-state index contributed by atoms with van der Waals surface area (Å²) in [7, 11) is 0. The third-order valence-electron chi connectivity index (χ3n) is 4.06. The molecule has 0 saturated heterocycles. The van der Waals surface area contributed by atoms with Crippen molar-refractivity contribution in [3.05, 3.63) is 33.4 Å². The van der Waals surface area contributed by atoms with Gasteiger partial charge in [-0.05, 0) is 72.5 Å². The summed E-state index contributed by atoms with van der Waals surface area (Å²) in [6, 6.07) is 4.00. The Morgan fingerprint density at radius 1 is 1.00 bits per heavy atom. The molecule has 10 nitrogen and oxygen atoms in total. The predicted molar refractivity (Wildman–Crippen MR) is 115 cm³/mol. The van der Waals surface area contributed by atoms with E-state index in [-0.39, 0.29) is 25.2 Å². The molecule has 0 aliphatic heterocycles. The lowest BCUT2D eigenvalue weighted by Crippen LogP contribution is -2.49. The number of benzene rings is 1. The second-order valence-corrected chi connectivity index (χ2v) is 7.69. The zero-order chi connectivity index (χ0) is 22.5. The van der Waals surface area contributed by atoms with Crippen molar-refractivity contribution in [2.45, 2.75) is 44.2 Å². The number of hydrogen-bond acceptors (Lipinski definition) is 5. The number of halogens is 1. The van der Waals surface area contributed by atoms with E-state index in [9.17, 15) is 29.1 Å². The smallest absolute Gasteiger partial charge is 0.326 e. The molecule has 0 fully saturated rings. The van der Waals surface area contributed by atoms with Gasteiger partial charge in [0.2, 0.25) is 0 Å². The number of carboxylic acid groups (broad SMARTS) is 2. The molecule has 5 N–H and O–H groups in total. The molecule has 0 aliphatic carbocycles. The highest BCUT2D eigenvalue weighted by Crippen LogP contribution is 2.07. The fourth-order valence-corrected chi connectivity index (χ4v) is 2.82. The Labute approximate surface area is 186 Å². The van der Waals surface area contributed by atoms with Gasteiger partial charge in [0.1, 0.15) is 12.3 Å². The summed E-state index contributed by atoms with van der Waals surface area (Å²) in [6.45, 7) is 0.353. The number of aliphatic carboxylic acids is 2. The number of amides is 3. The average Bonchev–Trinajstić information content (AvgIpc) is 2.69. The Kier molecular flexibility index (Phi) is 11.4. The molecule has 0 bridgehead atoms. The first-order valence-electron chi connectivity index (χ1n) is 9.23. The number of carboxylic acids is 2. The Hall–Kier alpha value is -2.70. The van der Waals surface area contributed by atoms with E-state index >= 15 is 0 Å². The quantitative estimate of drug-likeness (QED) is 0.145. The van der Waals surface area contributed by atoms with Crippen molar-refractivity contribution in [2.75, 3.05) is 6.54 Å². The van der Waals surface area contributed by atoms with Crippen molar-refractivity contribution >= 4 is 52.8 Å². The van der Waals surface area contributed by atoms with E-state index in [1.54, 1.807) is 12.1 Å². The lowest BCUT2D eigenvalue weighted by atomic mass is 10.1. The largest absolute Gasteiger partial charge is 0.481 e.